The van der Waals surface area contributed by atoms with Crippen molar-refractivity contribution in [2.45, 2.75) is 19.3 Å². The van der Waals surface area contributed by atoms with Gasteiger partial charge in [0.05, 0.1) is 12.3 Å². The van der Waals surface area contributed by atoms with Crippen molar-refractivity contribution in [1.29, 1.82) is 0 Å². The molecule has 0 bridgehead atoms. The van der Waals surface area contributed by atoms with E-state index in [1.54, 1.807) is 17.0 Å². The molecule has 1 atom stereocenters. The molecule has 0 radical (unpaired) electrons. The van der Waals surface area contributed by atoms with Gasteiger partial charge in [-0.3, -0.25) is 9.59 Å². The maximum atomic E-state index is 12.2. The van der Waals surface area contributed by atoms with E-state index in [0.29, 0.717) is 25.2 Å². The average molecular weight is 319 g/mol. The molecular weight excluding hydrogens is 298 g/mol. The van der Waals surface area contributed by atoms with Gasteiger partial charge in [-0.25, -0.2) is 4.79 Å². The van der Waals surface area contributed by atoms with E-state index in [-0.39, 0.29) is 30.8 Å². The quantitative estimate of drug-likeness (QED) is 0.766. The third-order valence-electron chi connectivity index (χ3n) is 3.74. The molecule has 1 aromatic rings. The molecule has 3 N–H and O–H groups in total. The Bertz CT molecular complexity index is 562. The van der Waals surface area contributed by atoms with Crippen molar-refractivity contribution < 1.29 is 19.5 Å². The van der Waals surface area contributed by atoms with Crippen LogP contribution in [0.25, 0.3) is 0 Å². The van der Waals surface area contributed by atoms with Crippen LogP contribution < -0.4 is 10.6 Å². The standard InChI is InChI=1S/C16H21N3O4/c20-14(21)8-9-17-15(22)12-5-4-10-19(11-12)16(23)18-13-6-2-1-3-7-13/h1-3,6-7,12H,4-5,8-11H2,(H,17,22)(H,18,23)(H,20,21). The van der Waals surface area contributed by atoms with Crippen molar-refractivity contribution in [3.63, 3.8) is 0 Å². The fourth-order valence-corrected chi connectivity index (χ4v) is 2.54. The molecule has 1 heterocycles. The highest BCUT2D eigenvalue weighted by molar-refractivity contribution is 5.90. The van der Waals surface area contributed by atoms with Crippen molar-refractivity contribution in [3.05, 3.63) is 30.3 Å². The second-order valence-electron chi connectivity index (χ2n) is 5.52. The van der Waals surface area contributed by atoms with Crippen molar-refractivity contribution >= 4 is 23.6 Å². The summed E-state index contributed by atoms with van der Waals surface area (Å²) < 4.78 is 0. The molecule has 1 fully saturated rings. The van der Waals surface area contributed by atoms with E-state index >= 15 is 0 Å². The zero-order valence-electron chi connectivity index (χ0n) is 12.8. The van der Waals surface area contributed by atoms with Crippen LogP contribution in [0.15, 0.2) is 30.3 Å². The minimum atomic E-state index is -0.946. The molecule has 0 aliphatic carbocycles. The first-order valence-corrected chi connectivity index (χ1v) is 7.67. The SMILES string of the molecule is O=C(O)CCNC(=O)C1CCCN(C(=O)Nc2ccccc2)C1. The van der Waals surface area contributed by atoms with Crippen LogP contribution >= 0.6 is 0 Å². The van der Waals surface area contributed by atoms with Crippen LogP contribution in [0.2, 0.25) is 0 Å². The molecule has 3 amide bonds. The number of rotatable bonds is 5. The number of aliphatic carboxylic acids is 1. The Balaban J connectivity index is 1.83. The van der Waals surface area contributed by atoms with E-state index in [9.17, 15) is 14.4 Å². The summed E-state index contributed by atoms with van der Waals surface area (Å²) in [5.41, 5.74) is 0.713. The van der Waals surface area contributed by atoms with Gasteiger partial charge in [0.15, 0.2) is 0 Å². The Kier molecular flexibility index (Phi) is 5.96. The van der Waals surface area contributed by atoms with Crippen LogP contribution in [0, 0.1) is 5.92 Å². The molecule has 0 spiro atoms. The Labute approximate surface area is 134 Å². The summed E-state index contributed by atoms with van der Waals surface area (Å²) in [5.74, 6) is -1.43. The van der Waals surface area contributed by atoms with E-state index < -0.39 is 5.97 Å². The number of likely N-dealkylation sites (tertiary alicyclic amines) is 1. The average Bonchev–Trinajstić information content (AvgIpc) is 2.55. The first kappa shape index (κ1) is 16.8. The molecular formula is C16H21N3O4. The van der Waals surface area contributed by atoms with Gasteiger partial charge in [0.2, 0.25) is 5.91 Å². The van der Waals surface area contributed by atoms with E-state index in [2.05, 4.69) is 10.6 Å². The number of anilines is 1. The Hall–Kier alpha value is -2.57. The van der Waals surface area contributed by atoms with E-state index in [4.69, 9.17) is 5.11 Å². The van der Waals surface area contributed by atoms with E-state index in [1.165, 1.54) is 0 Å². The van der Waals surface area contributed by atoms with Crippen molar-refractivity contribution in [1.82, 2.24) is 10.2 Å². The summed E-state index contributed by atoms with van der Waals surface area (Å²) >= 11 is 0. The summed E-state index contributed by atoms with van der Waals surface area (Å²) in [4.78, 5) is 36.4. The number of amides is 3. The fourth-order valence-electron chi connectivity index (χ4n) is 2.54. The number of piperidine rings is 1. The molecule has 1 saturated heterocycles. The first-order chi connectivity index (χ1) is 11.1. The Morgan fingerprint density at radius 2 is 1.96 bits per heavy atom. The maximum Gasteiger partial charge on any atom is 0.321 e. The number of hydrogen-bond acceptors (Lipinski definition) is 3. The minimum absolute atomic E-state index is 0.101. The van der Waals surface area contributed by atoms with Crippen LogP contribution in [0.1, 0.15) is 19.3 Å². The zero-order valence-corrected chi connectivity index (χ0v) is 12.8. The number of hydrogen-bond donors (Lipinski definition) is 3. The normalized spacial score (nSPS) is 17.4. The number of carbonyl (C=O) groups excluding carboxylic acids is 2. The smallest absolute Gasteiger partial charge is 0.321 e. The van der Waals surface area contributed by atoms with Gasteiger partial charge in [0.25, 0.3) is 0 Å². The number of carboxylic acids is 1. The molecule has 7 heteroatoms. The van der Waals surface area contributed by atoms with Gasteiger partial charge in [-0.15, -0.1) is 0 Å². The number of nitrogens with one attached hydrogen (secondary N) is 2. The lowest BCUT2D eigenvalue weighted by Crippen LogP contribution is -2.47. The van der Waals surface area contributed by atoms with Gasteiger partial charge >= 0.3 is 12.0 Å². The number of para-hydroxylation sites is 1. The molecule has 1 unspecified atom stereocenters. The monoisotopic (exact) mass is 319 g/mol. The van der Waals surface area contributed by atoms with Crippen LogP contribution in [-0.2, 0) is 9.59 Å². The topological polar surface area (TPSA) is 98.7 Å². The molecule has 1 aliphatic rings. The van der Waals surface area contributed by atoms with Crippen LogP contribution in [0.5, 0.6) is 0 Å². The van der Waals surface area contributed by atoms with Crippen molar-refractivity contribution in [2.75, 3.05) is 25.0 Å². The number of carboxylic acid groups (broad SMARTS) is 1. The van der Waals surface area contributed by atoms with Gasteiger partial charge in [0.1, 0.15) is 0 Å². The molecule has 7 nitrogen and oxygen atoms in total. The molecule has 23 heavy (non-hydrogen) atoms. The predicted octanol–water partition coefficient (Wildman–Crippen LogP) is 1.52. The van der Waals surface area contributed by atoms with Gasteiger partial charge in [0, 0.05) is 25.3 Å². The number of nitrogens with zero attached hydrogens (tertiary/aromatic N) is 1. The third kappa shape index (κ3) is 5.28. The van der Waals surface area contributed by atoms with Crippen LogP contribution in [0.3, 0.4) is 0 Å². The summed E-state index contributed by atoms with van der Waals surface area (Å²) in [5, 5.41) is 14.0. The summed E-state index contributed by atoms with van der Waals surface area (Å²) in [6, 6.07) is 8.93. The molecule has 0 aromatic heterocycles. The van der Waals surface area contributed by atoms with Gasteiger partial charge in [-0.1, -0.05) is 18.2 Å². The molecule has 1 aromatic carbocycles. The first-order valence-electron chi connectivity index (χ1n) is 7.67. The third-order valence-corrected chi connectivity index (χ3v) is 3.74. The molecule has 1 aliphatic heterocycles. The second-order valence-corrected chi connectivity index (χ2v) is 5.52. The maximum absolute atomic E-state index is 12.2. The number of benzene rings is 1. The van der Waals surface area contributed by atoms with E-state index in [1.807, 2.05) is 18.2 Å². The Morgan fingerprint density at radius 1 is 1.22 bits per heavy atom. The highest BCUT2D eigenvalue weighted by Crippen LogP contribution is 2.18. The predicted molar refractivity (Wildman–Crippen MR) is 85.0 cm³/mol. The van der Waals surface area contributed by atoms with Crippen LogP contribution in [0.4, 0.5) is 10.5 Å². The highest BCUT2D eigenvalue weighted by Gasteiger charge is 2.28. The number of urea groups is 1. The summed E-state index contributed by atoms with van der Waals surface area (Å²) in [7, 11) is 0. The summed E-state index contributed by atoms with van der Waals surface area (Å²) in [6.07, 6.45) is 1.35. The lowest BCUT2D eigenvalue weighted by atomic mass is 9.97. The molecule has 124 valence electrons. The fraction of sp³-hybridized carbons (Fsp3) is 0.438. The lowest BCUT2D eigenvalue weighted by molar-refractivity contribution is -0.137. The highest BCUT2D eigenvalue weighted by atomic mass is 16.4. The Morgan fingerprint density at radius 3 is 2.65 bits per heavy atom. The lowest BCUT2D eigenvalue weighted by Gasteiger charge is -2.32. The minimum Gasteiger partial charge on any atom is -0.481 e. The molecule has 2 rings (SSSR count). The van der Waals surface area contributed by atoms with Gasteiger partial charge < -0.3 is 20.6 Å². The number of carbonyl (C=O) groups is 3. The zero-order chi connectivity index (χ0) is 16.7. The van der Waals surface area contributed by atoms with Crippen molar-refractivity contribution in [3.8, 4) is 0 Å². The van der Waals surface area contributed by atoms with Crippen molar-refractivity contribution in [2.24, 2.45) is 5.92 Å². The van der Waals surface area contributed by atoms with Gasteiger partial charge in [-0.2, -0.15) is 0 Å². The van der Waals surface area contributed by atoms with Crippen LogP contribution in [-0.4, -0.2) is 47.5 Å². The molecule has 0 saturated carbocycles. The van der Waals surface area contributed by atoms with E-state index in [0.717, 1.165) is 6.42 Å². The van der Waals surface area contributed by atoms with Gasteiger partial charge in [-0.05, 0) is 25.0 Å². The summed E-state index contributed by atoms with van der Waals surface area (Å²) in [6.45, 7) is 1.07. The largest absolute Gasteiger partial charge is 0.481 e. The second kappa shape index (κ2) is 8.17.